The van der Waals surface area contributed by atoms with Gasteiger partial charge >= 0.3 is 0 Å². The molecule has 2 aromatic heterocycles. The number of nitrogens with zero attached hydrogens (tertiary/aromatic N) is 4. The second-order valence-electron chi connectivity index (χ2n) is 6.75. The molecular weight excluding hydrogens is 360 g/mol. The van der Waals surface area contributed by atoms with E-state index in [0.29, 0.717) is 42.2 Å². The number of hydrogen-bond donors (Lipinski definition) is 0. The summed E-state index contributed by atoms with van der Waals surface area (Å²) in [6, 6.07) is 3.55. The molecule has 0 amide bonds. The van der Waals surface area contributed by atoms with Gasteiger partial charge in [-0.25, -0.2) is 8.42 Å². The SMILES string of the molecule is Cc1ccc(S(=O)(=O)N2CCN([C@H](C)c3nc(C4CC4)no3)CC2)s1. The number of thiophene rings is 1. The Kier molecular flexibility index (Phi) is 4.43. The maximum Gasteiger partial charge on any atom is 0.252 e. The zero-order valence-corrected chi connectivity index (χ0v) is 16.0. The number of piperazine rings is 1. The monoisotopic (exact) mass is 382 g/mol. The van der Waals surface area contributed by atoms with Crippen molar-refractivity contribution >= 4 is 21.4 Å². The second-order valence-corrected chi connectivity index (χ2v) is 10.2. The van der Waals surface area contributed by atoms with Crippen LogP contribution in [0.5, 0.6) is 0 Å². The molecule has 1 saturated heterocycles. The predicted molar refractivity (Wildman–Crippen MR) is 94.1 cm³/mol. The van der Waals surface area contributed by atoms with E-state index >= 15 is 0 Å². The molecule has 1 atom stereocenters. The Hall–Kier alpha value is -1.29. The van der Waals surface area contributed by atoms with Crippen molar-refractivity contribution in [1.29, 1.82) is 0 Å². The molecule has 2 fully saturated rings. The largest absolute Gasteiger partial charge is 0.338 e. The minimum atomic E-state index is -3.38. The van der Waals surface area contributed by atoms with Crippen LogP contribution in [0.3, 0.4) is 0 Å². The van der Waals surface area contributed by atoms with Crippen LogP contribution in [0.25, 0.3) is 0 Å². The number of rotatable bonds is 5. The van der Waals surface area contributed by atoms with Gasteiger partial charge in [0.2, 0.25) is 5.89 Å². The molecule has 0 spiro atoms. The number of sulfonamides is 1. The molecular formula is C16H22N4O3S2. The van der Waals surface area contributed by atoms with Gasteiger partial charge in [0.05, 0.1) is 6.04 Å². The van der Waals surface area contributed by atoms with Crippen LogP contribution in [0, 0.1) is 6.92 Å². The highest BCUT2D eigenvalue weighted by Crippen LogP contribution is 2.38. The normalized spacial score (nSPS) is 21.5. The van der Waals surface area contributed by atoms with Crippen molar-refractivity contribution in [2.24, 2.45) is 0 Å². The molecule has 25 heavy (non-hydrogen) atoms. The van der Waals surface area contributed by atoms with Crippen LogP contribution in [0.1, 0.15) is 48.3 Å². The van der Waals surface area contributed by atoms with E-state index in [1.165, 1.54) is 11.3 Å². The fourth-order valence-electron chi connectivity index (χ4n) is 3.09. The van der Waals surface area contributed by atoms with Crippen LogP contribution in [-0.4, -0.2) is 53.9 Å². The third-order valence-electron chi connectivity index (χ3n) is 4.89. The lowest BCUT2D eigenvalue weighted by Gasteiger charge is -2.35. The highest BCUT2D eigenvalue weighted by atomic mass is 32.2. The lowest BCUT2D eigenvalue weighted by atomic mass is 10.2. The molecule has 1 aliphatic heterocycles. The van der Waals surface area contributed by atoms with Crippen molar-refractivity contribution in [1.82, 2.24) is 19.3 Å². The lowest BCUT2D eigenvalue weighted by Crippen LogP contribution is -2.49. The van der Waals surface area contributed by atoms with Crippen molar-refractivity contribution < 1.29 is 12.9 Å². The summed E-state index contributed by atoms with van der Waals surface area (Å²) in [6.07, 6.45) is 2.29. The Morgan fingerprint density at radius 3 is 2.56 bits per heavy atom. The highest BCUT2D eigenvalue weighted by molar-refractivity contribution is 7.91. The third kappa shape index (κ3) is 3.38. The first-order valence-corrected chi connectivity index (χ1v) is 10.8. The van der Waals surface area contributed by atoms with Crippen LogP contribution in [0.2, 0.25) is 0 Å². The average Bonchev–Trinajstić information content (AvgIpc) is 3.16. The summed E-state index contributed by atoms with van der Waals surface area (Å²) < 4.78 is 32.8. The van der Waals surface area contributed by atoms with E-state index in [4.69, 9.17) is 4.52 Å². The van der Waals surface area contributed by atoms with Gasteiger partial charge in [-0.2, -0.15) is 9.29 Å². The van der Waals surface area contributed by atoms with E-state index in [1.54, 1.807) is 10.4 Å². The standard InChI is InChI=1S/C16H22N4O3S2/c1-11-3-6-14(24-11)25(21,22)20-9-7-19(8-10-20)12(2)16-17-15(18-23-16)13-4-5-13/h3,6,12-13H,4-5,7-10H2,1-2H3/t12-/m1/s1. The van der Waals surface area contributed by atoms with Gasteiger partial charge in [0.25, 0.3) is 10.0 Å². The average molecular weight is 383 g/mol. The van der Waals surface area contributed by atoms with Crippen LogP contribution in [0.4, 0.5) is 0 Å². The molecule has 136 valence electrons. The lowest BCUT2D eigenvalue weighted by molar-refractivity contribution is 0.124. The molecule has 1 aliphatic carbocycles. The Morgan fingerprint density at radius 1 is 1.24 bits per heavy atom. The third-order valence-corrected chi connectivity index (χ3v) is 8.25. The fraction of sp³-hybridized carbons (Fsp3) is 0.625. The Bertz CT molecular complexity index is 848. The molecule has 0 bridgehead atoms. The summed E-state index contributed by atoms with van der Waals surface area (Å²) in [7, 11) is -3.38. The molecule has 0 unspecified atom stereocenters. The van der Waals surface area contributed by atoms with Crippen molar-refractivity contribution in [3.63, 3.8) is 0 Å². The van der Waals surface area contributed by atoms with Gasteiger partial charge in [-0.05, 0) is 38.8 Å². The van der Waals surface area contributed by atoms with Gasteiger partial charge in [0, 0.05) is 37.0 Å². The van der Waals surface area contributed by atoms with E-state index in [9.17, 15) is 8.42 Å². The van der Waals surface area contributed by atoms with Crippen LogP contribution < -0.4 is 0 Å². The minimum absolute atomic E-state index is 0.00818. The van der Waals surface area contributed by atoms with E-state index < -0.39 is 10.0 Å². The predicted octanol–water partition coefficient (Wildman–Crippen LogP) is 2.38. The first kappa shape index (κ1) is 17.1. The maximum absolute atomic E-state index is 12.7. The van der Waals surface area contributed by atoms with Gasteiger partial charge in [0.1, 0.15) is 4.21 Å². The number of aryl methyl sites for hydroxylation is 1. The summed E-state index contributed by atoms with van der Waals surface area (Å²) in [5, 5.41) is 4.07. The Labute approximate surface area is 151 Å². The molecule has 9 heteroatoms. The molecule has 0 radical (unpaired) electrons. The quantitative estimate of drug-likeness (QED) is 0.790. The number of hydrogen-bond acceptors (Lipinski definition) is 7. The Morgan fingerprint density at radius 2 is 1.96 bits per heavy atom. The fourth-order valence-corrected chi connectivity index (χ4v) is 5.95. The van der Waals surface area contributed by atoms with E-state index in [-0.39, 0.29) is 6.04 Å². The molecule has 1 saturated carbocycles. The van der Waals surface area contributed by atoms with E-state index in [0.717, 1.165) is 23.5 Å². The van der Waals surface area contributed by atoms with Crippen LogP contribution in [0.15, 0.2) is 20.9 Å². The Balaban J connectivity index is 1.40. The van der Waals surface area contributed by atoms with Crippen molar-refractivity contribution in [2.45, 2.75) is 42.9 Å². The molecule has 2 aromatic rings. The molecule has 0 N–H and O–H groups in total. The summed E-state index contributed by atoms with van der Waals surface area (Å²) in [5.74, 6) is 1.92. The molecule has 3 heterocycles. The van der Waals surface area contributed by atoms with Crippen LogP contribution >= 0.6 is 11.3 Å². The topological polar surface area (TPSA) is 79.5 Å². The van der Waals surface area contributed by atoms with E-state index in [2.05, 4.69) is 15.0 Å². The van der Waals surface area contributed by atoms with Gasteiger partial charge < -0.3 is 4.52 Å². The first-order valence-electron chi connectivity index (χ1n) is 8.59. The van der Waals surface area contributed by atoms with Gasteiger partial charge in [-0.3, -0.25) is 4.90 Å². The van der Waals surface area contributed by atoms with Crippen molar-refractivity contribution in [2.75, 3.05) is 26.2 Å². The molecule has 7 nitrogen and oxygen atoms in total. The minimum Gasteiger partial charge on any atom is -0.338 e. The zero-order valence-electron chi connectivity index (χ0n) is 14.4. The summed E-state index contributed by atoms with van der Waals surface area (Å²) >= 11 is 1.33. The molecule has 4 rings (SSSR count). The second kappa shape index (κ2) is 6.46. The maximum atomic E-state index is 12.7. The van der Waals surface area contributed by atoms with Crippen molar-refractivity contribution in [3.05, 3.63) is 28.7 Å². The number of aromatic nitrogens is 2. The molecule has 0 aromatic carbocycles. The van der Waals surface area contributed by atoms with Crippen LogP contribution in [-0.2, 0) is 10.0 Å². The summed E-state index contributed by atoms with van der Waals surface area (Å²) in [4.78, 5) is 7.73. The van der Waals surface area contributed by atoms with Gasteiger partial charge in [-0.15, -0.1) is 11.3 Å². The zero-order chi connectivity index (χ0) is 17.6. The molecule has 2 aliphatic rings. The summed E-state index contributed by atoms with van der Waals surface area (Å²) in [5.41, 5.74) is 0. The smallest absolute Gasteiger partial charge is 0.252 e. The highest BCUT2D eigenvalue weighted by Gasteiger charge is 2.34. The summed E-state index contributed by atoms with van der Waals surface area (Å²) in [6.45, 7) is 6.23. The van der Waals surface area contributed by atoms with Crippen molar-refractivity contribution in [3.8, 4) is 0 Å². The van der Waals surface area contributed by atoms with Gasteiger partial charge in [0.15, 0.2) is 5.82 Å². The first-order chi connectivity index (χ1) is 11.9. The van der Waals surface area contributed by atoms with Gasteiger partial charge in [-0.1, -0.05) is 5.16 Å². The van der Waals surface area contributed by atoms with E-state index in [1.807, 2.05) is 19.9 Å².